The summed E-state index contributed by atoms with van der Waals surface area (Å²) in [5.41, 5.74) is 1.64. The second-order valence-corrected chi connectivity index (χ2v) is 6.97. The van der Waals surface area contributed by atoms with Gasteiger partial charge in [0.2, 0.25) is 0 Å². The fraction of sp³-hybridized carbons (Fsp3) is 0.167. The van der Waals surface area contributed by atoms with E-state index in [1.54, 1.807) is 4.57 Å². The minimum atomic E-state index is -0.300. The van der Waals surface area contributed by atoms with Gasteiger partial charge in [-0.3, -0.25) is 14.5 Å². The molecule has 0 aliphatic heterocycles. The average molecular weight is 393 g/mol. The number of aryl methyl sites for hydroxylation is 1. The number of hydrogen-bond donors (Lipinski definition) is 2. The molecule has 4 rings (SSSR count). The number of aromatic amines is 2. The van der Waals surface area contributed by atoms with Crippen molar-refractivity contribution in [3.63, 3.8) is 0 Å². The molecule has 9 nitrogen and oxygen atoms in total. The third-order valence-corrected chi connectivity index (χ3v) is 5.22. The van der Waals surface area contributed by atoms with Crippen LogP contribution in [-0.4, -0.2) is 29.4 Å². The van der Waals surface area contributed by atoms with E-state index in [4.69, 9.17) is 5.26 Å². The van der Waals surface area contributed by atoms with E-state index in [1.807, 2.05) is 36.4 Å². The molecule has 0 saturated carbocycles. The van der Waals surface area contributed by atoms with Crippen molar-refractivity contribution in [3.05, 3.63) is 80.3 Å². The maximum absolute atomic E-state index is 12.2. The highest BCUT2D eigenvalue weighted by atomic mass is 32.2. The van der Waals surface area contributed by atoms with Gasteiger partial charge in [0.25, 0.3) is 5.56 Å². The van der Waals surface area contributed by atoms with Crippen molar-refractivity contribution >= 4 is 17.4 Å². The lowest BCUT2D eigenvalue weighted by Gasteiger charge is -2.06. The lowest BCUT2D eigenvalue weighted by Crippen LogP contribution is -2.19. The third-order valence-electron chi connectivity index (χ3n) is 4.21. The number of H-pyrrole nitrogens is 2. The predicted octanol–water partition coefficient (Wildman–Crippen LogP) is 1.31. The molecule has 4 aromatic rings. The van der Waals surface area contributed by atoms with Gasteiger partial charge in [-0.05, 0) is 12.0 Å². The van der Waals surface area contributed by atoms with Gasteiger partial charge in [-0.2, -0.15) is 5.26 Å². The van der Waals surface area contributed by atoms with E-state index in [0.29, 0.717) is 35.1 Å². The molecule has 140 valence electrons. The second-order valence-electron chi connectivity index (χ2n) is 6.03. The zero-order valence-corrected chi connectivity index (χ0v) is 15.4. The Morgan fingerprint density at radius 3 is 2.82 bits per heavy atom. The van der Waals surface area contributed by atoms with Crippen LogP contribution in [0.4, 0.5) is 0 Å². The van der Waals surface area contributed by atoms with Crippen molar-refractivity contribution in [1.29, 1.82) is 5.26 Å². The van der Waals surface area contributed by atoms with Gasteiger partial charge in [0.1, 0.15) is 11.6 Å². The quantitative estimate of drug-likeness (QED) is 0.476. The summed E-state index contributed by atoms with van der Waals surface area (Å²) in [4.78, 5) is 28.6. The van der Waals surface area contributed by atoms with Crippen LogP contribution in [0.3, 0.4) is 0 Å². The Morgan fingerprint density at radius 1 is 1.21 bits per heavy atom. The minimum Gasteiger partial charge on any atom is -0.295 e. The molecule has 0 amide bonds. The van der Waals surface area contributed by atoms with E-state index >= 15 is 0 Å². The number of rotatable bonds is 6. The lowest BCUT2D eigenvalue weighted by molar-refractivity contribution is 0.616. The normalized spacial score (nSPS) is 11.0. The van der Waals surface area contributed by atoms with Gasteiger partial charge in [-0.15, -0.1) is 5.10 Å². The summed E-state index contributed by atoms with van der Waals surface area (Å²) in [6, 6.07) is 13.3. The number of aromatic nitrogens is 6. The molecule has 3 aromatic heterocycles. The van der Waals surface area contributed by atoms with E-state index in [2.05, 4.69) is 20.3 Å². The zero-order chi connectivity index (χ0) is 19.5. The molecule has 1 aromatic carbocycles. The monoisotopic (exact) mass is 393 g/mol. The minimum absolute atomic E-state index is 0.278. The topological polar surface area (TPSA) is 125 Å². The van der Waals surface area contributed by atoms with Gasteiger partial charge < -0.3 is 0 Å². The van der Waals surface area contributed by atoms with Crippen molar-refractivity contribution < 1.29 is 0 Å². The Hall–Kier alpha value is -3.58. The summed E-state index contributed by atoms with van der Waals surface area (Å²) in [7, 11) is 0. The smallest absolute Gasteiger partial charge is 0.295 e. The summed E-state index contributed by atoms with van der Waals surface area (Å²) in [6.45, 7) is 0.493. The Kier molecular flexibility index (Phi) is 4.82. The molecule has 0 saturated heterocycles. The van der Waals surface area contributed by atoms with E-state index in [1.165, 1.54) is 28.5 Å². The fourth-order valence-electron chi connectivity index (χ4n) is 2.82. The van der Waals surface area contributed by atoms with Gasteiger partial charge in [-0.1, -0.05) is 42.1 Å². The van der Waals surface area contributed by atoms with Crippen molar-refractivity contribution in [2.45, 2.75) is 23.9 Å². The highest BCUT2D eigenvalue weighted by Gasteiger charge is 2.12. The number of nitrogens with one attached hydrogen (secondary N) is 2. The molecule has 2 N–H and O–H groups in total. The first-order chi connectivity index (χ1) is 13.7. The lowest BCUT2D eigenvalue weighted by atomic mass is 10.1. The maximum atomic E-state index is 12.2. The Morgan fingerprint density at radius 2 is 2.04 bits per heavy atom. The van der Waals surface area contributed by atoms with Crippen molar-refractivity contribution in [1.82, 2.24) is 29.4 Å². The Bertz CT molecular complexity index is 1280. The number of hydrogen-bond acceptors (Lipinski definition) is 6. The first-order valence-corrected chi connectivity index (χ1v) is 9.46. The molecular weight excluding hydrogens is 378 g/mol. The molecule has 0 fully saturated rings. The van der Waals surface area contributed by atoms with Crippen LogP contribution in [-0.2, 0) is 18.7 Å². The fourth-order valence-corrected chi connectivity index (χ4v) is 3.68. The van der Waals surface area contributed by atoms with Crippen molar-refractivity contribution in [3.8, 4) is 6.07 Å². The number of benzene rings is 1. The van der Waals surface area contributed by atoms with Crippen LogP contribution < -0.4 is 11.2 Å². The summed E-state index contributed by atoms with van der Waals surface area (Å²) in [5, 5.41) is 18.9. The van der Waals surface area contributed by atoms with Crippen LogP contribution in [0.5, 0.6) is 0 Å². The first kappa shape index (κ1) is 17.8. The van der Waals surface area contributed by atoms with Gasteiger partial charge in [0, 0.05) is 24.6 Å². The number of nitrogens with zero attached hydrogens (tertiary/aromatic N) is 5. The summed E-state index contributed by atoms with van der Waals surface area (Å²) in [6.07, 6.45) is 2.14. The zero-order valence-electron chi connectivity index (χ0n) is 14.6. The Balaban J connectivity index is 1.53. The maximum Gasteiger partial charge on any atom is 0.343 e. The van der Waals surface area contributed by atoms with Gasteiger partial charge in [-0.25, -0.2) is 19.4 Å². The highest BCUT2D eigenvalue weighted by Crippen LogP contribution is 2.19. The molecule has 0 radical (unpaired) electrons. The number of nitriles is 1. The Labute approximate surface area is 162 Å². The number of fused-ring (bicyclic) bond motifs is 1. The van der Waals surface area contributed by atoms with E-state index in [0.717, 1.165) is 5.56 Å². The van der Waals surface area contributed by atoms with Crippen LogP contribution in [0.2, 0.25) is 0 Å². The first-order valence-electron chi connectivity index (χ1n) is 8.48. The summed E-state index contributed by atoms with van der Waals surface area (Å²) >= 11 is 1.31. The van der Waals surface area contributed by atoms with Crippen LogP contribution >= 0.6 is 11.8 Å². The van der Waals surface area contributed by atoms with Crippen LogP contribution in [0, 0.1) is 11.3 Å². The van der Waals surface area contributed by atoms with E-state index < -0.39 is 0 Å². The molecule has 0 bridgehead atoms. The molecular formula is C18H15N7O2S. The van der Waals surface area contributed by atoms with Crippen LogP contribution in [0.15, 0.2) is 57.3 Å². The second kappa shape index (κ2) is 7.58. The molecule has 10 heteroatoms. The largest absolute Gasteiger partial charge is 0.343 e. The van der Waals surface area contributed by atoms with Gasteiger partial charge in [0.05, 0.1) is 5.69 Å². The van der Waals surface area contributed by atoms with Crippen LogP contribution in [0.25, 0.3) is 5.65 Å². The highest BCUT2D eigenvalue weighted by molar-refractivity contribution is 7.98. The average Bonchev–Trinajstić information content (AvgIpc) is 3.29. The summed E-state index contributed by atoms with van der Waals surface area (Å²) in [5.74, 6) is 0.345. The standard InChI is InChI=1S/C18H15N7O2S/c19-9-13-10-20-25-15(26)8-14(21-16(13)25)11-28-18-23-22-17(27)24(18)7-6-12-4-2-1-3-5-12/h1-5,8,10,20H,6-7,11H2,(H,22,27). The van der Waals surface area contributed by atoms with E-state index in [9.17, 15) is 9.59 Å². The molecule has 28 heavy (non-hydrogen) atoms. The van der Waals surface area contributed by atoms with E-state index in [-0.39, 0.29) is 16.9 Å². The van der Waals surface area contributed by atoms with Gasteiger partial charge in [0.15, 0.2) is 10.8 Å². The van der Waals surface area contributed by atoms with Crippen molar-refractivity contribution in [2.75, 3.05) is 0 Å². The molecule has 0 atom stereocenters. The molecule has 0 unspecified atom stereocenters. The van der Waals surface area contributed by atoms with Gasteiger partial charge >= 0.3 is 5.69 Å². The molecule has 3 heterocycles. The SMILES string of the molecule is N#Cc1c[nH]n2c(=O)cc(CSc3n[nH]c(=O)n3CCc3ccccc3)nc12. The third kappa shape index (κ3) is 3.47. The molecule has 0 aliphatic rings. The summed E-state index contributed by atoms with van der Waals surface area (Å²) < 4.78 is 2.79. The molecule has 0 aliphatic carbocycles. The number of thioether (sulfide) groups is 1. The predicted molar refractivity (Wildman–Crippen MR) is 103 cm³/mol. The van der Waals surface area contributed by atoms with Crippen molar-refractivity contribution in [2.24, 2.45) is 0 Å². The molecule has 0 spiro atoms. The van der Waals surface area contributed by atoms with Crippen LogP contribution in [0.1, 0.15) is 16.8 Å².